The Labute approximate surface area is 127 Å². The smallest absolute Gasteiger partial charge is 0.310 e. The van der Waals surface area contributed by atoms with Crippen molar-refractivity contribution in [2.45, 2.75) is 13.0 Å². The summed E-state index contributed by atoms with van der Waals surface area (Å²) < 4.78 is 5.22. The fourth-order valence-corrected chi connectivity index (χ4v) is 1.86. The van der Waals surface area contributed by atoms with Crippen molar-refractivity contribution in [3.63, 3.8) is 0 Å². The summed E-state index contributed by atoms with van der Waals surface area (Å²) in [7, 11) is 0. The normalized spacial score (nSPS) is 11.5. The van der Waals surface area contributed by atoms with Crippen LogP contribution in [0.5, 0.6) is 5.75 Å². The molecule has 0 radical (unpaired) electrons. The maximum Gasteiger partial charge on any atom is 0.310 e. The first-order chi connectivity index (χ1) is 10.6. The number of nitrogens with zero attached hydrogens (tertiary/aromatic N) is 2. The van der Waals surface area contributed by atoms with Gasteiger partial charge in [0, 0.05) is 12.3 Å². The Morgan fingerprint density at radius 3 is 2.73 bits per heavy atom. The number of para-hydroxylation sites is 2. The lowest BCUT2D eigenvalue weighted by atomic mass is 10.2. The molecule has 0 unspecified atom stereocenters. The van der Waals surface area contributed by atoms with E-state index in [2.05, 4.69) is 10.3 Å². The van der Waals surface area contributed by atoms with Gasteiger partial charge in [0.25, 0.3) is 5.91 Å². The maximum atomic E-state index is 11.8. The molecule has 1 N–H and O–H groups in total. The Morgan fingerprint density at radius 2 is 2.05 bits per heavy atom. The third-order valence-electron chi connectivity index (χ3n) is 2.93. The molecule has 1 amide bonds. The van der Waals surface area contributed by atoms with Gasteiger partial charge in [0.15, 0.2) is 12.4 Å². The van der Waals surface area contributed by atoms with Crippen LogP contribution in [0.2, 0.25) is 0 Å². The lowest BCUT2D eigenvalue weighted by Crippen LogP contribution is -2.31. The molecule has 0 spiro atoms. The molecule has 1 atom stereocenters. The second kappa shape index (κ2) is 7.16. The van der Waals surface area contributed by atoms with Crippen LogP contribution >= 0.6 is 0 Å². The van der Waals surface area contributed by atoms with Crippen molar-refractivity contribution < 1.29 is 14.5 Å². The first kappa shape index (κ1) is 15.4. The summed E-state index contributed by atoms with van der Waals surface area (Å²) in [6.07, 6.45) is 1.64. The van der Waals surface area contributed by atoms with Gasteiger partial charge in [-0.05, 0) is 25.1 Å². The summed E-state index contributed by atoms with van der Waals surface area (Å²) in [5.74, 6) is -0.315. The van der Waals surface area contributed by atoms with Gasteiger partial charge in [-0.15, -0.1) is 0 Å². The fourth-order valence-electron chi connectivity index (χ4n) is 1.86. The number of nitro groups is 1. The third kappa shape index (κ3) is 4.02. The molecule has 0 aliphatic heterocycles. The first-order valence-electron chi connectivity index (χ1n) is 6.64. The predicted molar refractivity (Wildman–Crippen MR) is 79.4 cm³/mol. The van der Waals surface area contributed by atoms with Crippen molar-refractivity contribution in [1.29, 1.82) is 0 Å². The van der Waals surface area contributed by atoms with Crippen LogP contribution in [0.15, 0.2) is 48.7 Å². The van der Waals surface area contributed by atoms with Crippen molar-refractivity contribution in [2.75, 3.05) is 6.61 Å². The molecule has 114 valence electrons. The van der Waals surface area contributed by atoms with Crippen LogP contribution in [0.4, 0.5) is 5.69 Å². The second-order valence-corrected chi connectivity index (χ2v) is 4.56. The van der Waals surface area contributed by atoms with Gasteiger partial charge in [-0.3, -0.25) is 19.9 Å². The van der Waals surface area contributed by atoms with Crippen molar-refractivity contribution in [1.82, 2.24) is 10.3 Å². The number of rotatable bonds is 6. The molecule has 0 aliphatic rings. The van der Waals surface area contributed by atoms with Crippen LogP contribution in [-0.2, 0) is 4.79 Å². The van der Waals surface area contributed by atoms with Crippen molar-refractivity contribution in [2.24, 2.45) is 0 Å². The molecule has 1 heterocycles. The molecule has 0 fully saturated rings. The van der Waals surface area contributed by atoms with Crippen LogP contribution in [0.1, 0.15) is 18.7 Å². The number of carbonyl (C=O) groups is 1. The number of benzene rings is 1. The molecule has 2 aromatic rings. The number of hydrogen-bond acceptors (Lipinski definition) is 5. The zero-order valence-electron chi connectivity index (χ0n) is 11.9. The summed E-state index contributed by atoms with van der Waals surface area (Å²) in [5, 5.41) is 13.6. The highest BCUT2D eigenvalue weighted by atomic mass is 16.6. The average Bonchev–Trinajstić information content (AvgIpc) is 2.54. The maximum absolute atomic E-state index is 11.8. The number of pyridine rings is 1. The zero-order chi connectivity index (χ0) is 15.9. The van der Waals surface area contributed by atoms with Gasteiger partial charge >= 0.3 is 5.69 Å². The van der Waals surface area contributed by atoms with E-state index in [0.29, 0.717) is 0 Å². The zero-order valence-corrected chi connectivity index (χ0v) is 11.9. The fraction of sp³-hybridized carbons (Fsp3) is 0.200. The van der Waals surface area contributed by atoms with E-state index in [0.717, 1.165) is 5.69 Å². The molecule has 0 saturated carbocycles. The number of ether oxygens (including phenoxy) is 1. The Kier molecular flexibility index (Phi) is 5.02. The Bertz CT molecular complexity index is 661. The quantitative estimate of drug-likeness (QED) is 0.652. The van der Waals surface area contributed by atoms with Crippen LogP contribution in [-0.4, -0.2) is 22.4 Å². The summed E-state index contributed by atoms with van der Waals surface area (Å²) >= 11 is 0. The van der Waals surface area contributed by atoms with Gasteiger partial charge in [-0.25, -0.2) is 0 Å². The van der Waals surface area contributed by atoms with Gasteiger partial charge in [-0.1, -0.05) is 18.2 Å². The standard InChI is InChI=1S/C15H15N3O4/c1-11(12-6-4-5-9-16-12)17-15(19)10-22-14-8-3-2-7-13(14)18(20)21/h2-9,11H,10H2,1H3,(H,17,19)/t11-/m1/s1. The molecule has 7 nitrogen and oxygen atoms in total. The number of amides is 1. The highest BCUT2D eigenvalue weighted by Gasteiger charge is 2.16. The second-order valence-electron chi connectivity index (χ2n) is 4.56. The first-order valence-corrected chi connectivity index (χ1v) is 6.64. The van der Waals surface area contributed by atoms with E-state index < -0.39 is 4.92 Å². The lowest BCUT2D eigenvalue weighted by Gasteiger charge is -2.13. The Morgan fingerprint density at radius 1 is 1.32 bits per heavy atom. The summed E-state index contributed by atoms with van der Waals surface area (Å²) in [5.41, 5.74) is 0.551. The van der Waals surface area contributed by atoms with Crippen molar-refractivity contribution >= 4 is 11.6 Å². The van der Waals surface area contributed by atoms with Gasteiger partial charge in [0.2, 0.25) is 0 Å². The van der Waals surface area contributed by atoms with Gasteiger partial charge in [0.05, 0.1) is 16.7 Å². The van der Waals surface area contributed by atoms with E-state index in [1.165, 1.54) is 18.2 Å². The number of nitrogens with one attached hydrogen (secondary N) is 1. The van der Waals surface area contributed by atoms with Crippen LogP contribution in [0.3, 0.4) is 0 Å². The predicted octanol–water partition coefficient (Wildman–Crippen LogP) is 2.25. The van der Waals surface area contributed by atoms with E-state index >= 15 is 0 Å². The minimum Gasteiger partial charge on any atom is -0.477 e. The van der Waals surface area contributed by atoms with E-state index in [4.69, 9.17) is 4.74 Å². The largest absolute Gasteiger partial charge is 0.477 e. The molecule has 0 saturated heterocycles. The minimum atomic E-state index is -0.552. The number of carbonyl (C=O) groups excluding carboxylic acids is 1. The van der Waals surface area contributed by atoms with E-state index in [1.807, 2.05) is 6.07 Å². The molecule has 1 aromatic heterocycles. The van der Waals surface area contributed by atoms with Crippen molar-refractivity contribution in [3.8, 4) is 5.75 Å². The van der Waals surface area contributed by atoms with Gasteiger partial charge < -0.3 is 10.1 Å². The monoisotopic (exact) mass is 301 g/mol. The van der Waals surface area contributed by atoms with Crippen molar-refractivity contribution in [3.05, 3.63) is 64.5 Å². The van der Waals surface area contributed by atoms with Gasteiger partial charge in [0.1, 0.15) is 0 Å². The van der Waals surface area contributed by atoms with E-state index in [-0.39, 0.29) is 30.0 Å². The number of aromatic nitrogens is 1. The highest BCUT2D eigenvalue weighted by Crippen LogP contribution is 2.25. The SMILES string of the molecule is C[C@@H](NC(=O)COc1ccccc1[N+](=O)[O-])c1ccccn1. The lowest BCUT2D eigenvalue weighted by molar-refractivity contribution is -0.385. The highest BCUT2D eigenvalue weighted by molar-refractivity contribution is 5.78. The molecule has 22 heavy (non-hydrogen) atoms. The topological polar surface area (TPSA) is 94.4 Å². The van der Waals surface area contributed by atoms with Gasteiger partial charge in [-0.2, -0.15) is 0 Å². The summed E-state index contributed by atoms with van der Waals surface area (Å²) in [6.45, 7) is 1.49. The van der Waals surface area contributed by atoms with Crippen LogP contribution in [0.25, 0.3) is 0 Å². The third-order valence-corrected chi connectivity index (χ3v) is 2.93. The summed E-state index contributed by atoms with van der Waals surface area (Å²) in [4.78, 5) is 26.3. The minimum absolute atomic E-state index is 0.0631. The summed E-state index contributed by atoms with van der Waals surface area (Å²) in [6, 6.07) is 11.1. The molecular weight excluding hydrogens is 286 g/mol. The molecule has 1 aromatic carbocycles. The number of nitro benzene ring substituents is 1. The van der Waals surface area contributed by atoms with E-state index in [9.17, 15) is 14.9 Å². The molecule has 2 rings (SSSR count). The molecular formula is C15H15N3O4. The molecule has 0 aliphatic carbocycles. The Hall–Kier alpha value is -2.96. The molecule has 0 bridgehead atoms. The van der Waals surface area contributed by atoms with Crippen LogP contribution < -0.4 is 10.1 Å². The Balaban J connectivity index is 1.92. The van der Waals surface area contributed by atoms with Crippen LogP contribution in [0, 0.1) is 10.1 Å². The van der Waals surface area contributed by atoms with E-state index in [1.54, 1.807) is 31.3 Å². The number of hydrogen-bond donors (Lipinski definition) is 1. The molecule has 7 heteroatoms. The average molecular weight is 301 g/mol.